The first kappa shape index (κ1) is 12.1. The smallest absolute Gasteiger partial charge is 0.163 e. The number of nitrogens with zero attached hydrogens (tertiary/aromatic N) is 2. The number of nitrogens with two attached hydrogens (primary N) is 1. The van der Waals surface area contributed by atoms with Gasteiger partial charge >= 0.3 is 0 Å². The Hall–Kier alpha value is -1.32. The Kier molecular flexibility index (Phi) is 3.22. The van der Waals surface area contributed by atoms with Crippen molar-refractivity contribution in [1.82, 2.24) is 9.97 Å². The fraction of sp³-hybridized carbons (Fsp3) is 0.167. The second-order valence-electron chi connectivity index (χ2n) is 3.77. The van der Waals surface area contributed by atoms with Crippen molar-refractivity contribution in [1.29, 1.82) is 0 Å². The van der Waals surface area contributed by atoms with Crippen LogP contribution in [-0.2, 0) is 0 Å². The standard InChI is InChI=1S/C12H11Cl2N3/c1-6-7(2)16-12(17-11(6)15)9-5-8(13)3-4-10(9)14/h3-5H,1-2H3,(H2,15,16,17). The minimum Gasteiger partial charge on any atom is -0.383 e. The first-order chi connectivity index (χ1) is 7.99. The summed E-state index contributed by atoms with van der Waals surface area (Å²) in [6.45, 7) is 3.77. The van der Waals surface area contributed by atoms with Crippen molar-refractivity contribution < 1.29 is 0 Å². The summed E-state index contributed by atoms with van der Waals surface area (Å²) in [7, 11) is 0. The third-order valence-electron chi connectivity index (χ3n) is 2.60. The maximum atomic E-state index is 6.10. The lowest BCUT2D eigenvalue weighted by Crippen LogP contribution is -2.02. The maximum Gasteiger partial charge on any atom is 0.163 e. The van der Waals surface area contributed by atoms with Gasteiger partial charge in [0, 0.05) is 21.8 Å². The van der Waals surface area contributed by atoms with Gasteiger partial charge in [-0.2, -0.15) is 0 Å². The SMILES string of the molecule is Cc1nc(-c2cc(Cl)ccc2Cl)nc(N)c1C. The molecule has 1 aromatic heterocycles. The van der Waals surface area contributed by atoms with Gasteiger partial charge in [0.15, 0.2) is 5.82 Å². The molecule has 0 saturated carbocycles. The maximum absolute atomic E-state index is 6.10. The highest BCUT2D eigenvalue weighted by molar-refractivity contribution is 6.35. The summed E-state index contributed by atoms with van der Waals surface area (Å²) in [6.07, 6.45) is 0. The van der Waals surface area contributed by atoms with E-state index in [0.717, 1.165) is 11.3 Å². The van der Waals surface area contributed by atoms with Gasteiger partial charge in [0.05, 0.1) is 5.02 Å². The second kappa shape index (κ2) is 4.51. The van der Waals surface area contributed by atoms with Gasteiger partial charge < -0.3 is 5.73 Å². The van der Waals surface area contributed by atoms with Crippen LogP contribution in [0.25, 0.3) is 11.4 Å². The Morgan fingerprint density at radius 2 is 1.82 bits per heavy atom. The highest BCUT2D eigenvalue weighted by Crippen LogP contribution is 2.29. The van der Waals surface area contributed by atoms with E-state index in [1.807, 2.05) is 13.8 Å². The summed E-state index contributed by atoms with van der Waals surface area (Å²) >= 11 is 12.0. The third kappa shape index (κ3) is 2.35. The molecule has 0 amide bonds. The van der Waals surface area contributed by atoms with Crippen LogP contribution in [0.5, 0.6) is 0 Å². The number of anilines is 1. The van der Waals surface area contributed by atoms with Crippen LogP contribution >= 0.6 is 23.2 Å². The molecule has 88 valence electrons. The molecule has 1 aromatic carbocycles. The normalized spacial score (nSPS) is 10.6. The highest BCUT2D eigenvalue weighted by atomic mass is 35.5. The molecule has 0 spiro atoms. The van der Waals surface area contributed by atoms with Gasteiger partial charge in [0.1, 0.15) is 5.82 Å². The molecular formula is C12H11Cl2N3. The van der Waals surface area contributed by atoms with Gasteiger partial charge in [-0.1, -0.05) is 23.2 Å². The van der Waals surface area contributed by atoms with E-state index in [1.165, 1.54) is 0 Å². The Bertz CT molecular complexity index is 559. The van der Waals surface area contributed by atoms with Crippen molar-refractivity contribution in [2.75, 3.05) is 5.73 Å². The van der Waals surface area contributed by atoms with Crippen LogP contribution in [-0.4, -0.2) is 9.97 Å². The topological polar surface area (TPSA) is 51.8 Å². The van der Waals surface area contributed by atoms with Crippen LogP contribution in [0.1, 0.15) is 11.3 Å². The molecule has 2 rings (SSSR count). The zero-order valence-electron chi connectivity index (χ0n) is 9.46. The molecule has 5 heteroatoms. The van der Waals surface area contributed by atoms with E-state index < -0.39 is 0 Å². The van der Waals surface area contributed by atoms with Gasteiger partial charge in [-0.3, -0.25) is 0 Å². The minimum absolute atomic E-state index is 0.462. The van der Waals surface area contributed by atoms with E-state index in [1.54, 1.807) is 18.2 Å². The zero-order valence-corrected chi connectivity index (χ0v) is 11.0. The molecule has 0 radical (unpaired) electrons. The number of hydrogen-bond acceptors (Lipinski definition) is 3. The van der Waals surface area contributed by atoms with Crippen LogP contribution < -0.4 is 5.73 Å². The molecule has 3 nitrogen and oxygen atoms in total. The summed E-state index contributed by atoms with van der Waals surface area (Å²) in [4.78, 5) is 8.60. The number of rotatable bonds is 1. The number of aromatic nitrogens is 2. The lowest BCUT2D eigenvalue weighted by atomic mass is 10.2. The lowest BCUT2D eigenvalue weighted by molar-refractivity contribution is 1.08. The number of benzene rings is 1. The quantitative estimate of drug-likeness (QED) is 0.858. The van der Waals surface area contributed by atoms with Crippen molar-refractivity contribution in [3.8, 4) is 11.4 Å². The van der Waals surface area contributed by atoms with Gasteiger partial charge in [-0.15, -0.1) is 0 Å². The molecule has 0 unspecified atom stereocenters. The number of hydrogen-bond donors (Lipinski definition) is 1. The largest absolute Gasteiger partial charge is 0.383 e. The summed E-state index contributed by atoms with van der Waals surface area (Å²) < 4.78 is 0. The fourth-order valence-electron chi connectivity index (χ4n) is 1.44. The van der Waals surface area contributed by atoms with Gasteiger partial charge in [0.25, 0.3) is 0 Å². The predicted octanol–water partition coefficient (Wildman–Crippen LogP) is 3.65. The van der Waals surface area contributed by atoms with Crippen LogP contribution in [0.15, 0.2) is 18.2 Å². The monoisotopic (exact) mass is 267 g/mol. The van der Waals surface area contributed by atoms with Crippen LogP contribution in [0.4, 0.5) is 5.82 Å². The minimum atomic E-state index is 0.462. The number of halogens is 2. The summed E-state index contributed by atoms with van der Waals surface area (Å²) in [5.41, 5.74) is 8.23. The Morgan fingerprint density at radius 1 is 1.12 bits per heavy atom. The molecule has 1 heterocycles. The molecule has 0 fully saturated rings. The fourth-order valence-corrected chi connectivity index (χ4v) is 1.81. The molecular weight excluding hydrogens is 257 g/mol. The average molecular weight is 268 g/mol. The molecule has 0 atom stereocenters. The van der Waals surface area contributed by atoms with E-state index >= 15 is 0 Å². The molecule has 0 aliphatic carbocycles. The lowest BCUT2D eigenvalue weighted by Gasteiger charge is -2.08. The molecule has 0 saturated heterocycles. The predicted molar refractivity (Wildman–Crippen MR) is 71.4 cm³/mol. The Balaban J connectivity index is 2.64. The average Bonchev–Trinajstić information content (AvgIpc) is 2.28. The van der Waals surface area contributed by atoms with Gasteiger partial charge in [0.2, 0.25) is 0 Å². The van der Waals surface area contributed by atoms with E-state index in [2.05, 4.69) is 9.97 Å². The van der Waals surface area contributed by atoms with Crippen LogP contribution in [0.3, 0.4) is 0 Å². The molecule has 0 aliphatic rings. The highest BCUT2D eigenvalue weighted by Gasteiger charge is 2.11. The summed E-state index contributed by atoms with van der Waals surface area (Å²) in [6, 6.07) is 5.17. The van der Waals surface area contributed by atoms with E-state index in [4.69, 9.17) is 28.9 Å². The Labute approximate surface area is 110 Å². The van der Waals surface area contributed by atoms with E-state index in [0.29, 0.717) is 27.3 Å². The van der Waals surface area contributed by atoms with Crippen molar-refractivity contribution in [3.63, 3.8) is 0 Å². The zero-order chi connectivity index (χ0) is 12.6. The number of nitrogen functional groups attached to an aromatic ring is 1. The van der Waals surface area contributed by atoms with Crippen LogP contribution in [0, 0.1) is 13.8 Å². The summed E-state index contributed by atoms with van der Waals surface area (Å²) in [5, 5.41) is 1.14. The molecule has 0 aliphatic heterocycles. The van der Waals surface area contributed by atoms with Crippen LogP contribution in [0.2, 0.25) is 10.0 Å². The van der Waals surface area contributed by atoms with Crippen molar-refractivity contribution >= 4 is 29.0 Å². The molecule has 0 bridgehead atoms. The second-order valence-corrected chi connectivity index (χ2v) is 4.61. The van der Waals surface area contributed by atoms with Crippen molar-refractivity contribution in [3.05, 3.63) is 39.5 Å². The first-order valence-electron chi connectivity index (χ1n) is 5.05. The van der Waals surface area contributed by atoms with Crippen molar-refractivity contribution in [2.45, 2.75) is 13.8 Å². The first-order valence-corrected chi connectivity index (χ1v) is 5.81. The van der Waals surface area contributed by atoms with E-state index in [9.17, 15) is 0 Å². The van der Waals surface area contributed by atoms with Gasteiger partial charge in [-0.05, 0) is 32.0 Å². The molecule has 17 heavy (non-hydrogen) atoms. The molecule has 2 aromatic rings. The third-order valence-corrected chi connectivity index (χ3v) is 3.16. The number of aryl methyl sites for hydroxylation is 1. The van der Waals surface area contributed by atoms with E-state index in [-0.39, 0.29) is 0 Å². The Morgan fingerprint density at radius 3 is 2.47 bits per heavy atom. The van der Waals surface area contributed by atoms with Gasteiger partial charge in [-0.25, -0.2) is 9.97 Å². The van der Waals surface area contributed by atoms with Crippen molar-refractivity contribution in [2.24, 2.45) is 0 Å². The summed E-state index contributed by atoms with van der Waals surface area (Å²) in [5.74, 6) is 0.960. The molecule has 2 N–H and O–H groups in total.